The molecule has 1 atom stereocenters. The molecule has 4 heteroatoms. The highest BCUT2D eigenvalue weighted by atomic mass is 16.5. The van der Waals surface area contributed by atoms with Crippen LogP contribution in [0.3, 0.4) is 0 Å². The SMILES string of the molecule is C=CCOC(=O)C(CCCCCCC/C=C/CCCCCCCCC)CC(=O)O. The minimum Gasteiger partial charge on any atom is -0.481 e. The van der Waals surface area contributed by atoms with Crippen LogP contribution >= 0.6 is 0 Å². The summed E-state index contributed by atoms with van der Waals surface area (Å²) < 4.78 is 5.01. The molecule has 0 aliphatic carbocycles. The number of carboxylic acids is 1. The fourth-order valence-corrected chi connectivity index (χ4v) is 3.41. The van der Waals surface area contributed by atoms with Crippen LogP contribution in [0.4, 0.5) is 0 Å². The Balaban J connectivity index is 3.58. The molecule has 0 fully saturated rings. The van der Waals surface area contributed by atoms with Crippen molar-refractivity contribution in [1.29, 1.82) is 0 Å². The van der Waals surface area contributed by atoms with Gasteiger partial charge in [0.1, 0.15) is 6.61 Å². The summed E-state index contributed by atoms with van der Waals surface area (Å²) in [5.74, 6) is -1.91. The quantitative estimate of drug-likeness (QED) is 0.124. The van der Waals surface area contributed by atoms with E-state index in [0.717, 1.165) is 25.7 Å². The number of rotatable bonds is 21. The number of carbonyl (C=O) groups excluding carboxylic acids is 1. The molecule has 0 aromatic rings. The predicted molar refractivity (Wildman–Crippen MR) is 121 cm³/mol. The molecule has 0 radical (unpaired) electrons. The number of hydrogen-bond acceptors (Lipinski definition) is 3. The van der Waals surface area contributed by atoms with Crippen LogP contribution in [0.1, 0.15) is 110 Å². The van der Waals surface area contributed by atoms with E-state index in [0.29, 0.717) is 6.42 Å². The molecule has 0 aromatic carbocycles. The first-order valence-corrected chi connectivity index (χ1v) is 11.8. The van der Waals surface area contributed by atoms with Crippen molar-refractivity contribution >= 4 is 11.9 Å². The summed E-state index contributed by atoms with van der Waals surface area (Å²) in [5, 5.41) is 8.96. The van der Waals surface area contributed by atoms with Crippen LogP contribution in [-0.4, -0.2) is 23.7 Å². The lowest BCUT2D eigenvalue weighted by Crippen LogP contribution is -2.21. The van der Waals surface area contributed by atoms with E-state index in [4.69, 9.17) is 9.84 Å². The zero-order valence-corrected chi connectivity index (χ0v) is 18.7. The van der Waals surface area contributed by atoms with Crippen molar-refractivity contribution in [2.45, 2.75) is 110 Å². The Morgan fingerprint density at radius 3 is 1.90 bits per heavy atom. The number of carbonyl (C=O) groups is 2. The Morgan fingerprint density at radius 1 is 0.862 bits per heavy atom. The molecule has 0 aromatic heterocycles. The number of esters is 1. The summed E-state index contributed by atoms with van der Waals surface area (Å²) in [6.07, 6.45) is 23.9. The maximum atomic E-state index is 11.9. The lowest BCUT2D eigenvalue weighted by Gasteiger charge is -2.13. The lowest BCUT2D eigenvalue weighted by atomic mass is 9.97. The van der Waals surface area contributed by atoms with Crippen LogP contribution in [0, 0.1) is 5.92 Å². The Kier molecular flexibility index (Phi) is 20.0. The molecule has 0 bridgehead atoms. The molecule has 0 spiro atoms. The van der Waals surface area contributed by atoms with Gasteiger partial charge in [0.15, 0.2) is 0 Å². The second-order valence-corrected chi connectivity index (χ2v) is 7.94. The summed E-state index contributed by atoms with van der Waals surface area (Å²) >= 11 is 0. The van der Waals surface area contributed by atoms with Crippen LogP contribution in [0.25, 0.3) is 0 Å². The molecule has 29 heavy (non-hydrogen) atoms. The van der Waals surface area contributed by atoms with Crippen LogP contribution in [0.2, 0.25) is 0 Å². The summed E-state index contributed by atoms with van der Waals surface area (Å²) in [7, 11) is 0. The Hall–Kier alpha value is -1.58. The number of allylic oxidation sites excluding steroid dienone is 2. The van der Waals surface area contributed by atoms with Gasteiger partial charge in [0.05, 0.1) is 12.3 Å². The van der Waals surface area contributed by atoms with Crippen molar-refractivity contribution in [2.24, 2.45) is 5.92 Å². The molecule has 1 N–H and O–H groups in total. The fourth-order valence-electron chi connectivity index (χ4n) is 3.41. The van der Waals surface area contributed by atoms with Gasteiger partial charge in [0.2, 0.25) is 0 Å². The lowest BCUT2D eigenvalue weighted by molar-refractivity contribution is -0.152. The van der Waals surface area contributed by atoms with Gasteiger partial charge in [-0.05, 0) is 32.1 Å². The van der Waals surface area contributed by atoms with Crippen LogP contribution < -0.4 is 0 Å². The van der Waals surface area contributed by atoms with E-state index >= 15 is 0 Å². The number of ether oxygens (including phenoxy) is 1. The monoisotopic (exact) mass is 408 g/mol. The number of carboxylic acid groups (broad SMARTS) is 1. The highest BCUT2D eigenvalue weighted by Gasteiger charge is 2.22. The van der Waals surface area contributed by atoms with E-state index in [1.165, 1.54) is 70.3 Å². The van der Waals surface area contributed by atoms with Crippen molar-refractivity contribution in [3.63, 3.8) is 0 Å². The molecule has 0 heterocycles. The third kappa shape index (κ3) is 19.5. The van der Waals surface area contributed by atoms with Gasteiger partial charge in [-0.3, -0.25) is 9.59 Å². The standard InChI is InChI=1S/C25H44O4/c1-3-5-6-7-8-9-10-11-12-13-14-15-16-17-18-19-20-23(22-24(26)27)25(28)29-21-4-2/h4,12-13,23H,2-3,5-11,14-22H2,1H3,(H,26,27)/b13-12+. The van der Waals surface area contributed by atoms with E-state index in [1.807, 2.05) is 0 Å². The average molecular weight is 409 g/mol. The molecule has 0 aliphatic rings. The van der Waals surface area contributed by atoms with Gasteiger partial charge in [-0.2, -0.15) is 0 Å². The molecular weight excluding hydrogens is 364 g/mol. The molecule has 4 nitrogen and oxygen atoms in total. The third-order valence-corrected chi connectivity index (χ3v) is 5.16. The van der Waals surface area contributed by atoms with Crippen LogP contribution in [0.15, 0.2) is 24.8 Å². The Labute approximate surface area is 178 Å². The van der Waals surface area contributed by atoms with Crippen molar-refractivity contribution in [2.75, 3.05) is 6.61 Å². The van der Waals surface area contributed by atoms with Gasteiger partial charge in [-0.25, -0.2) is 0 Å². The minimum absolute atomic E-state index is 0.140. The molecule has 0 saturated heterocycles. The van der Waals surface area contributed by atoms with E-state index in [-0.39, 0.29) is 13.0 Å². The van der Waals surface area contributed by atoms with Gasteiger partial charge in [0, 0.05) is 0 Å². The van der Waals surface area contributed by atoms with E-state index in [9.17, 15) is 9.59 Å². The average Bonchev–Trinajstić information content (AvgIpc) is 2.70. The predicted octanol–water partition coefficient (Wildman–Crippen LogP) is 7.23. The molecule has 0 saturated carbocycles. The third-order valence-electron chi connectivity index (χ3n) is 5.16. The number of aliphatic carboxylic acids is 1. The highest BCUT2D eigenvalue weighted by Crippen LogP contribution is 2.17. The zero-order valence-electron chi connectivity index (χ0n) is 18.7. The first-order valence-electron chi connectivity index (χ1n) is 11.8. The first kappa shape index (κ1) is 27.4. The molecule has 0 amide bonds. The van der Waals surface area contributed by atoms with E-state index < -0.39 is 17.9 Å². The van der Waals surface area contributed by atoms with Gasteiger partial charge in [0.25, 0.3) is 0 Å². The largest absolute Gasteiger partial charge is 0.481 e. The van der Waals surface area contributed by atoms with Gasteiger partial charge < -0.3 is 9.84 Å². The maximum absolute atomic E-state index is 11.9. The number of unbranched alkanes of at least 4 members (excludes halogenated alkanes) is 12. The van der Waals surface area contributed by atoms with Crippen LogP contribution in [0.5, 0.6) is 0 Å². The van der Waals surface area contributed by atoms with Gasteiger partial charge in [-0.1, -0.05) is 95.9 Å². The zero-order chi connectivity index (χ0) is 21.6. The van der Waals surface area contributed by atoms with E-state index in [2.05, 4.69) is 25.7 Å². The minimum atomic E-state index is -0.950. The molecule has 168 valence electrons. The smallest absolute Gasteiger partial charge is 0.309 e. The van der Waals surface area contributed by atoms with Crippen molar-refractivity contribution in [3.05, 3.63) is 24.8 Å². The Morgan fingerprint density at radius 2 is 1.38 bits per heavy atom. The fraction of sp³-hybridized carbons (Fsp3) is 0.760. The molecule has 0 aliphatic heterocycles. The summed E-state index contributed by atoms with van der Waals surface area (Å²) in [6, 6.07) is 0. The van der Waals surface area contributed by atoms with Crippen molar-refractivity contribution in [3.8, 4) is 0 Å². The number of hydrogen-bond donors (Lipinski definition) is 1. The normalized spacial score (nSPS) is 12.2. The molecular formula is C25H44O4. The first-order chi connectivity index (χ1) is 14.1. The summed E-state index contributed by atoms with van der Waals surface area (Å²) in [6.45, 7) is 5.90. The highest BCUT2D eigenvalue weighted by molar-refractivity contribution is 5.79. The second-order valence-electron chi connectivity index (χ2n) is 7.94. The second kappa shape index (κ2) is 21.1. The van der Waals surface area contributed by atoms with Crippen LogP contribution in [-0.2, 0) is 14.3 Å². The van der Waals surface area contributed by atoms with Gasteiger partial charge >= 0.3 is 11.9 Å². The molecule has 1 unspecified atom stereocenters. The van der Waals surface area contributed by atoms with Crippen molar-refractivity contribution < 1.29 is 19.4 Å². The van der Waals surface area contributed by atoms with Gasteiger partial charge in [-0.15, -0.1) is 0 Å². The van der Waals surface area contributed by atoms with Crippen molar-refractivity contribution in [1.82, 2.24) is 0 Å². The topological polar surface area (TPSA) is 63.6 Å². The van der Waals surface area contributed by atoms with E-state index in [1.54, 1.807) is 0 Å². The molecule has 0 rings (SSSR count). The summed E-state index contributed by atoms with van der Waals surface area (Å²) in [5.41, 5.74) is 0. The Bertz CT molecular complexity index is 442. The maximum Gasteiger partial charge on any atom is 0.309 e. The summed E-state index contributed by atoms with van der Waals surface area (Å²) in [4.78, 5) is 22.8.